The average molecular weight is 555 g/mol. The number of nitrogens with zero attached hydrogens (tertiary/aromatic N) is 1. The Labute approximate surface area is 202 Å². The number of rotatable bonds is 4. The highest BCUT2D eigenvalue weighted by atomic mass is 127. The van der Waals surface area contributed by atoms with Gasteiger partial charge in [-0.3, -0.25) is 4.98 Å². The molecule has 5 aromatic rings. The monoisotopic (exact) mass is 555 g/mol. The molecule has 6 heteroatoms. The molecule has 0 spiro atoms. The summed E-state index contributed by atoms with van der Waals surface area (Å²) in [6.45, 7) is 0.174. The van der Waals surface area contributed by atoms with Gasteiger partial charge in [0.25, 0.3) is 0 Å². The molecule has 4 aromatic carbocycles. The zero-order chi connectivity index (χ0) is 23.0. The number of benzene rings is 4. The summed E-state index contributed by atoms with van der Waals surface area (Å²) in [5, 5.41) is 2.49. The summed E-state index contributed by atoms with van der Waals surface area (Å²) in [6.07, 6.45) is -2.99. The van der Waals surface area contributed by atoms with E-state index in [0.717, 1.165) is 37.3 Å². The van der Waals surface area contributed by atoms with Crippen LogP contribution in [-0.2, 0) is 12.8 Å². The van der Waals surface area contributed by atoms with Gasteiger partial charge in [0.1, 0.15) is 12.4 Å². The normalized spacial score (nSPS) is 11.8. The van der Waals surface area contributed by atoms with Crippen LogP contribution >= 0.6 is 22.6 Å². The molecule has 0 aliphatic rings. The highest BCUT2D eigenvalue weighted by Crippen LogP contribution is 2.39. The Bertz CT molecular complexity index is 1470. The zero-order valence-corrected chi connectivity index (χ0v) is 19.4. The van der Waals surface area contributed by atoms with E-state index in [-0.39, 0.29) is 12.1 Å². The molecule has 0 fully saturated rings. The lowest BCUT2D eigenvalue weighted by Crippen LogP contribution is -2.08. The first-order chi connectivity index (χ1) is 15.9. The van der Waals surface area contributed by atoms with E-state index < -0.39 is 11.7 Å². The Kier molecular flexibility index (Phi) is 5.70. The Morgan fingerprint density at radius 1 is 0.788 bits per heavy atom. The zero-order valence-electron chi connectivity index (χ0n) is 17.2. The minimum Gasteiger partial charge on any atom is -0.487 e. The van der Waals surface area contributed by atoms with E-state index in [1.165, 1.54) is 12.3 Å². The van der Waals surface area contributed by atoms with Gasteiger partial charge in [0.2, 0.25) is 0 Å². The molecular formula is C27H17F3INO. The highest BCUT2D eigenvalue weighted by Gasteiger charge is 2.33. The average Bonchev–Trinajstić information content (AvgIpc) is 2.82. The number of para-hydroxylation sites is 1. The van der Waals surface area contributed by atoms with Crippen LogP contribution in [0.5, 0.6) is 5.75 Å². The molecule has 0 atom stereocenters. The highest BCUT2D eigenvalue weighted by molar-refractivity contribution is 14.1. The number of fused-ring (bicyclic) bond motifs is 2. The third-order valence-electron chi connectivity index (χ3n) is 5.55. The quantitative estimate of drug-likeness (QED) is 0.209. The van der Waals surface area contributed by atoms with Crippen LogP contribution in [0.15, 0.2) is 91.1 Å². The number of aromatic nitrogens is 1. The SMILES string of the molecule is FC(F)(F)c1cccc2c(-c3ccccc3)c(COc3c(I)ccc4ccccc34)cnc12. The molecule has 0 amide bonds. The van der Waals surface area contributed by atoms with E-state index in [4.69, 9.17) is 4.74 Å². The van der Waals surface area contributed by atoms with Crippen molar-refractivity contribution < 1.29 is 17.9 Å². The van der Waals surface area contributed by atoms with Crippen molar-refractivity contribution in [3.8, 4) is 16.9 Å². The summed E-state index contributed by atoms with van der Waals surface area (Å²) in [7, 11) is 0. The van der Waals surface area contributed by atoms with Crippen LogP contribution in [-0.4, -0.2) is 4.98 Å². The fraction of sp³-hybridized carbons (Fsp3) is 0.0741. The topological polar surface area (TPSA) is 22.1 Å². The van der Waals surface area contributed by atoms with Crippen LogP contribution < -0.4 is 4.74 Å². The van der Waals surface area contributed by atoms with Gasteiger partial charge in [-0.05, 0) is 51.2 Å². The maximum absolute atomic E-state index is 13.6. The van der Waals surface area contributed by atoms with E-state index in [9.17, 15) is 13.2 Å². The van der Waals surface area contributed by atoms with E-state index >= 15 is 0 Å². The van der Waals surface area contributed by atoms with Gasteiger partial charge < -0.3 is 4.74 Å². The first kappa shape index (κ1) is 21.7. The van der Waals surface area contributed by atoms with E-state index in [1.807, 2.05) is 66.7 Å². The minimum absolute atomic E-state index is 0.0626. The number of halogens is 4. The fourth-order valence-electron chi connectivity index (χ4n) is 4.06. The van der Waals surface area contributed by atoms with Crippen molar-refractivity contribution in [2.24, 2.45) is 0 Å². The van der Waals surface area contributed by atoms with Crippen molar-refractivity contribution in [3.63, 3.8) is 0 Å². The van der Waals surface area contributed by atoms with Gasteiger partial charge in [-0.25, -0.2) is 0 Å². The van der Waals surface area contributed by atoms with Crippen molar-refractivity contribution in [2.45, 2.75) is 12.8 Å². The summed E-state index contributed by atoms with van der Waals surface area (Å²) in [4.78, 5) is 4.23. The lowest BCUT2D eigenvalue weighted by Gasteiger charge is -2.17. The maximum atomic E-state index is 13.6. The Morgan fingerprint density at radius 3 is 2.30 bits per heavy atom. The fourth-order valence-corrected chi connectivity index (χ4v) is 4.69. The Balaban J connectivity index is 1.66. The standard InChI is InChI=1S/C27H17F3INO/c28-27(29,30)22-12-6-11-21-24(18-8-2-1-3-9-18)19(15-32-25(21)22)16-33-26-20-10-5-4-7-17(20)13-14-23(26)31/h1-15H,16H2. The van der Waals surface area contributed by atoms with E-state index in [0.29, 0.717) is 10.9 Å². The summed E-state index contributed by atoms with van der Waals surface area (Å²) >= 11 is 2.23. The second-order valence-corrected chi connectivity index (χ2v) is 8.77. The third kappa shape index (κ3) is 4.15. The molecule has 0 aliphatic carbocycles. The molecule has 0 saturated heterocycles. The molecule has 0 N–H and O–H groups in total. The number of pyridine rings is 1. The summed E-state index contributed by atoms with van der Waals surface area (Å²) in [5.74, 6) is 0.747. The van der Waals surface area contributed by atoms with Crippen molar-refractivity contribution in [1.82, 2.24) is 4.98 Å². The smallest absolute Gasteiger partial charge is 0.418 e. The van der Waals surface area contributed by atoms with Gasteiger partial charge in [-0.15, -0.1) is 0 Å². The Morgan fingerprint density at radius 2 is 1.52 bits per heavy atom. The van der Waals surface area contributed by atoms with Crippen molar-refractivity contribution in [1.29, 1.82) is 0 Å². The second kappa shape index (κ2) is 8.67. The third-order valence-corrected chi connectivity index (χ3v) is 6.40. The van der Waals surface area contributed by atoms with E-state index in [1.54, 1.807) is 6.07 Å². The van der Waals surface area contributed by atoms with Gasteiger partial charge in [0.05, 0.1) is 14.7 Å². The molecule has 0 aliphatic heterocycles. The minimum atomic E-state index is -4.49. The van der Waals surface area contributed by atoms with Gasteiger partial charge in [-0.2, -0.15) is 13.2 Å². The van der Waals surface area contributed by atoms with Gasteiger partial charge >= 0.3 is 6.18 Å². The lowest BCUT2D eigenvalue weighted by molar-refractivity contribution is -0.136. The number of hydrogen-bond donors (Lipinski definition) is 0. The molecule has 1 heterocycles. The first-order valence-corrected chi connectivity index (χ1v) is 11.3. The maximum Gasteiger partial charge on any atom is 0.418 e. The predicted molar refractivity (Wildman–Crippen MR) is 133 cm³/mol. The molecule has 1 aromatic heterocycles. The van der Waals surface area contributed by atoms with Crippen molar-refractivity contribution in [3.05, 3.63) is 106 Å². The first-order valence-electron chi connectivity index (χ1n) is 10.3. The molecule has 0 bridgehead atoms. The molecule has 2 nitrogen and oxygen atoms in total. The molecule has 0 unspecified atom stereocenters. The molecule has 0 radical (unpaired) electrons. The molecule has 0 saturated carbocycles. The van der Waals surface area contributed by atoms with E-state index in [2.05, 4.69) is 27.6 Å². The molecule has 33 heavy (non-hydrogen) atoms. The van der Waals surface area contributed by atoms with Crippen LogP contribution in [0.2, 0.25) is 0 Å². The van der Waals surface area contributed by atoms with Crippen LogP contribution in [0.4, 0.5) is 13.2 Å². The summed E-state index contributed by atoms with van der Waals surface area (Å²) in [6, 6.07) is 25.5. The van der Waals surface area contributed by atoms with Crippen LogP contribution in [0.1, 0.15) is 11.1 Å². The van der Waals surface area contributed by atoms with Crippen molar-refractivity contribution in [2.75, 3.05) is 0 Å². The van der Waals surface area contributed by atoms with Crippen LogP contribution in [0.3, 0.4) is 0 Å². The number of ether oxygens (including phenoxy) is 1. The molecule has 5 rings (SSSR count). The van der Waals surface area contributed by atoms with Crippen LogP contribution in [0, 0.1) is 3.57 Å². The second-order valence-electron chi connectivity index (χ2n) is 7.61. The Hall–Kier alpha value is -3.13. The van der Waals surface area contributed by atoms with Gasteiger partial charge in [0.15, 0.2) is 0 Å². The lowest BCUT2D eigenvalue weighted by atomic mass is 9.95. The molecular weight excluding hydrogens is 538 g/mol. The molecule has 164 valence electrons. The van der Waals surface area contributed by atoms with Gasteiger partial charge in [-0.1, -0.05) is 72.8 Å². The largest absolute Gasteiger partial charge is 0.487 e. The predicted octanol–water partition coefficient (Wildman–Crippen LogP) is 8.26. The van der Waals surface area contributed by atoms with Gasteiger partial charge in [0, 0.05) is 22.5 Å². The van der Waals surface area contributed by atoms with Crippen molar-refractivity contribution >= 4 is 44.3 Å². The number of hydrogen-bond acceptors (Lipinski definition) is 2. The summed E-state index contributed by atoms with van der Waals surface area (Å²) in [5.41, 5.74) is 1.43. The number of alkyl halides is 3. The summed E-state index contributed by atoms with van der Waals surface area (Å²) < 4.78 is 48.2. The van der Waals surface area contributed by atoms with Crippen LogP contribution in [0.25, 0.3) is 32.8 Å².